The van der Waals surface area contributed by atoms with E-state index in [2.05, 4.69) is 5.32 Å². The first-order valence-corrected chi connectivity index (χ1v) is 12.9. The van der Waals surface area contributed by atoms with E-state index in [1.807, 2.05) is 19.1 Å². The van der Waals surface area contributed by atoms with Crippen LogP contribution in [0.2, 0.25) is 0 Å². The Morgan fingerprint density at radius 3 is 2.50 bits per heavy atom. The van der Waals surface area contributed by atoms with Crippen LogP contribution in [-0.4, -0.2) is 48.8 Å². The van der Waals surface area contributed by atoms with Gasteiger partial charge in [-0.1, -0.05) is 37.0 Å². The van der Waals surface area contributed by atoms with Gasteiger partial charge in [-0.25, -0.2) is 8.42 Å². The topological polar surface area (TPSA) is 66.5 Å². The van der Waals surface area contributed by atoms with E-state index in [0.29, 0.717) is 35.4 Å². The monoisotopic (exact) mass is 424 g/mol. The Morgan fingerprint density at radius 2 is 1.79 bits per heavy atom. The minimum Gasteiger partial charge on any atom is -0.355 e. The van der Waals surface area contributed by atoms with E-state index in [1.165, 1.54) is 25.7 Å². The van der Waals surface area contributed by atoms with E-state index in [-0.39, 0.29) is 11.9 Å². The van der Waals surface area contributed by atoms with Gasteiger partial charge in [-0.05, 0) is 51.2 Å². The molecule has 1 aromatic rings. The maximum Gasteiger partial charge on any atom is 0.243 e. The minimum absolute atomic E-state index is 0.0390. The van der Waals surface area contributed by atoms with Crippen LogP contribution in [0.3, 0.4) is 0 Å². The summed E-state index contributed by atoms with van der Waals surface area (Å²) in [5, 5.41) is 3.63. The van der Waals surface area contributed by atoms with Crippen molar-refractivity contribution in [2.75, 3.05) is 18.8 Å². The molecule has 1 unspecified atom stereocenters. The number of benzene rings is 1. The van der Waals surface area contributed by atoms with Crippen molar-refractivity contribution < 1.29 is 13.2 Å². The number of hydrogen-bond acceptors (Lipinski definition) is 4. The minimum atomic E-state index is -3.48. The van der Waals surface area contributed by atoms with Crippen LogP contribution in [0.25, 0.3) is 0 Å². The van der Waals surface area contributed by atoms with Crippen molar-refractivity contribution in [2.45, 2.75) is 74.5 Å². The van der Waals surface area contributed by atoms with Gasteiger partial charge in [-0.2, -0.15) is 4.31 Å². The number of hydrogen-bond donors (Lipinski definition) is 1. The molecule has 1 aromatic carbocycles. The highest BCUT2D eigenvalue weighted by Gasteiger charge is 2.33. The molecule has 2 aliphatic rings. The highest BCUT2D eigenvalue weighted by atomic mass is 32.2. The first-order valence-electron chi connectivity index (χ1n) is 10.4. The Bertz CT molecular complexity index is 743. The lowest BCUT2D eigenvalue weighted by atomic mass is 10.0. The van der Waals surface area contributed by atoms with E-state index >= 15 is 0 Å². The van der Waals surface area contributed by atoms with Crippen LogP contribution in [0.1, 0.15) is 56.9 Å². The number of nitrogens with one attached hydrogen (secondary N) is 1. The normalized spacial score (nSPS) is 21.7. The van der Waals surface area contributed by atoms with E-state index < -0.39 is 10.0 Å². The zero-order valence-corrected chi connectivity index (χ0v) is 18.4. The molecule has 5 nitrogen and oxygen atoms in total. The van der Waals surface area contributed by atoms with Crippen molar-refractivity contribution in [3.05, 3.63) is 29.8 Å². The van der Waals surface area contributed by atoms with Gasteiger partial charge in [0.2, 0.25) is 15.9 Å². The third-order valence-corrected chi connectivity index (χ3v) is 9.09. The molecule has 1 aliphatic carbocycles. The van der Waals surface area contributed by atoms with Gasteiger partial charge >= 0.3 is 0 Å². The molecule has 0 aromatic heterocycles. The summed E-state index contributed by atoms with van der Waals surface area (Å²) in [5.74, 6) is 0.585. The fourth-order valence-electron chi connectivity index (χ4n) is 4.10. The molecule has 2 fully saturated rings. The SMILES string of the molecule is Cc1ccc(S(=O)(=O)N2CCCCC2CCNC(=O)CSC2CCCC2)cc1. The van der Waals surface area contributed by atoms with Crippen molar-refractivity contribution in [2.24, 2.45) is 0 Å². The van der Waals surface area contributed by atoms with Gasteiger partial charge in [0.1, 0.15) is 0 Å². The molecule has 0 bridgehead atoms. The molecule has 1 N–H and O–H groups in total. The summed E-state index contributed by atoms with van der Waals surface area (Å²) in [6, 6.07) is 7.03. The third-order valence-electron chi connectivity index (χ3n) is 5.75. The van der Waals surface area contributed by atoms with E-state index in [4.69, 9.17) is 0 Å². The zero-order valence-electron chi connectivity index (χ0n) is 16.7. The first-order chi connectivity index (χ1) is 13.5. The highest BCUT2D eigenvalue weighted by molar-refractivity contribution is 8.00. The number of piperidine rings is 1. The van der Waals surface area contributed by atoms with Crippen LogP contribution in [0, 0.1) is 6.92 Å². The summed E-state index contributed by atoms with van der Waals surface area (Å²) in [6.07, 6.45) is 8.49. The fourth-order valence-corrected chi connectivity index (χ4v) is 6.98. The standard InChI is InChI=1S/C21H32N2O3S2/c1-17-9-11-20(12-10-17)28(25,26)23-15-5-4-6-18(23)13-14-22-21(24)16-27-19-7-2-3-8-19/h9-12,18-19H,2-8,13-16H2,1H3,(H,22,24). The van der Waals surface area contributed by atoms with Gasteiger partial charge < -0.3 is 5.32 Å². The van der Waals surface area contributed by atoms with Gasteiger partial charge in [0, 0.05) is 24.4 Å². The molecule has 1 saturated carbocycles. The summed E-state index contributed by atoms with van der Waals surface area (Å²) >= 11 is 1.76. The van der Waals surface area contributed by atoms with Gasteiger partial charge in [0.15, 0.2) is 0 Å². The van der Waals surface area contributed by atoms with Gasteiger partial charge in [0.05, 0.1) is 10.6 Å². The molecule has 156 valence electrons. The molecule has 1 saturated heterocycles. The molecular weight excluding hydrogens is 392 g/mol. The van der Waals surface area contributed by atoms with Crippen LogP contribution >= 0.6 is 11.8 Å². The number of nitrogens with zero attached hydrogens (tertiary/aromatic N) is 1. The van der Waals surface area contributed by atoms with Gasteiger partial charge in [-0.3, -0.25) is 4.79 Å². The van der Waals surface area contributed by atoms with Crippen molar-refractivity contribution in [3.63, 3.8) is 0 Å². The highest BCUT2D eigenvalue weighted by Crippen LogP contribution is 2.29. The van der Waals surface area contributed by atoms with Crippen LogP contribution in [0.4, 0.5) is 0 Å². The van der Waals surface area contributed by atoms with E-state index in [9.17, 15) is 13.2 Å². The number of carbonyl (C=O) groups excluding carboxylic acids is 1. The maximum absolute atomic E-state index is 13.1. The largest absolute Gasteiger partial charge is 0.355 e. The lowest BCUT2D eigenvalue weighted by molar-refractivity contribution is -0.118. The summed E-state index contributed by atoms with van der Waals surface area (Å²) in [6.45, 7) is 3.05. The second kappa shape index (κ2) is 10.1. The van der Waals surface area contributed by atoms with Gasteiger partial charge in [0.25, 0.3) is 0 Å². The Balaban J connectivity index is 1.51. The number of rotatable bonds is 8. The van der Waals surface area contributed by atoms with Crippen molar-refractivity contribution in [1.82, 2.24) is 9.62 Å². The first kappa shape index (κ1) is 21.7. The molecule has 3 rings (SSSR count). The van der Waals surface area contributed by atoms with Crippen LogP contribution in [-0.2, 0) is 14.8 Å². The Hall–Kier alpha value is -1.05. The average molecular weight is 425 g/mol. The third kappa shape index (κ3) is 5.74. The summed E-state index contributed by atoms with van der Waals surface area (Å²) in [4.78, 5) is 12.5. The summed E-state index contributed by atoms with van der Waals surface area (Å²) in [7, 11) is -3.48. The molecule has 0 spiro atoms. The molecule has 28 heavy (non-hydrogen) atoms. The maximum atomic E-state index is 13.1. The second-order valence-corrected chi connectivity index (χ2v) is 11.1. The lowest BCUT2D eigenvalue weighted by Gasteiger charge is -2.34. The Kier molecular flexibility index (Phi) is 7.83. The molecule has 1 amide bonds. The predicted octanol–water partition coefficient (Wildman–Crippen LogP) is 3.72. The van der Waals surface area contributed by atoms with Crippen molar-refractivity contribution in [3.8, 4) is 0 Å². The van der Waals surface area contributed by atoms with Crippen LogP contribution in [0.5, 0.6) is 0 Å². The Labute approximate surface area is 173 Å². The number of carbonyl (C=O) groups is 1. The van der Waals surface area contributed by atoms with Crippen molar-refractivity contribution >= 4 is 27.7 Å². The number of aryl methyl sites for hydroxylation is 1. The lowest BCUT2D eigenvalue weighted by Crippen LogP contribution is -2.45. The van der Waals surface area contributed by atoms with Crippen LogP contribution < -0.4 is 5.32 Å². The molecule has 0 radical (unpaired) electrons. The molecule has 7 heteroatoms. The predicted molar refractivity (Wildman–Crippen MR) is 115 cm³/mol. The van der Waals surface area contributed by atoms with Crippen molar-refractivity contribution in [1.29, 1.82) is 0 Å². The average Bonchev–Trinajstić information content (AvgIpc) is 3.21. The van der Waals surface area contributed by atoms with E-state index in [1.54, 1.807) is 28.2 Å². The molecule has 1 heterocycles. The smallest absolute Gasteiger partial charge is 0.243 e. The summed E-state index contributed by atoms with van der Waals surface area (Å²) in [5.41, 5.74) is 1.05. The fraction of sp³-hybridized carbons (Fsp3) is 0.667. The second-order valence-electron chi connectivity index (χ2n) is 7.93. The number of thioether (sulfide) groups is 1. The summed E-state index contributed by atoms with van der Waals surface area (Å²) < 4.78 is 27.8. The van der Waals surface area contributed by atoms with E-state index in [0.717, 1.165) is 24.8 Å². The quantitative estimate of drug-likeness (QED) is 0.691. The zero-order chi connectivity index (χ0) is 20.0. The number of amides is 1. The van der Waals surface area contributed by atoms with Crippen LogP contribution in [0.15, 0.2) is 29.2 Å². The molecular formula is C21H32N2O3S2. The Morgan fingerprint density at radius 1 is 1.11 bits per heavy atom. The van der Waals surface area contributed by atoms with Gasteiger partial charge in [-0.15, -0.1) is 11.8 Å². The molecule has 1 atom stereocenters. The molecule has 1 aliphatic heterocycles. The number of sulfonamides is 1.